The lowest BCUT2D eigenvalue weighted by molar-refractivity contribution is -0.135. The van der Waals surface area contributed by atoms with Gasteiger partial charge in [0.1, 0.15) is 12.1 Å². The number of hydrogen-bond acceptors (Lipinski definition) is 7. The quantitative estimate of drug-likeness (QED) is 0.225. The van der Waals surface area contributed by atoms with Crippen molar-refractivity contribution in [3.63, 3.8) is 0 Å². The molecule has 1 aliphatic heterocycles. The fourth-order valence-corrected chi connectivity index (χ4v) is 4.35. The van der Waals surface area contributed by atoms with Crippen molar-refractivity contribution >= 4 is 17.7 Å². The molecule has 0 aliphatic carbocycles. The van der Waals surface area contributed by atoms with E-state index in [0.29, 0.717) is 32.5 Å². The van der Waals surface area contributed by atoms with Crippen molar-refractivity contribution in [1.29, 1.82) is 0 Å². The number of aryl methyl sites for hydroxylation is 1. The van der Waals surface area contributed by atoms with E-state index in [2.05, 4.69) is 10.6 Å². The SMILES string of the molecule is NCCN(CCN)C(=O)C[C@H](N)C(=O)N[C@@H](CCc1ccccc1)C(=O)NCc1ccc(C2CC=CO2)cc1. The monoisotopic (exact) mass is 536 g/mol. The zero-order valence-corrected chi connectivity index (χ0v) is 22.3. The smallest absolute Gasteiger partial charge is 0.242 e. The number of carbonyl (C=O) groups is 3. The van der Waals surface area contributed by atoms with E-state index in [0.717, 1.165) is 23.1 Å². The molecule has 0 fully saturated rings. The van der Waals surface area contributed by atoms with E-state index in [-0.39, 0.29) is 37.4 Å². The van der Waals surface area contributed by atoms with Crippen molar-refractivity contribution in [2.45, 2.75) is 50.4 Å². The van der Waals surface area contributed by atoms with Crippen molar-refractivity contribution in [2.24, 2.45) is 17.2 Å². The summed E-state index contributed by atoms with van der Waals surface area (Å²) in [5, 5.41) is 5.68. The van der Waals surface area contributed by atoms with Crippen LogP contribution in [0.4, 0.5) is 0 Å². The average molecular weight is 537 g/mol. The Morgan fingerprint density at radius 2 is 1.64 bits per heavy atom. The first-order valence-corrected chi connectivity index (χ1v) is 13.4. The summed E-state index contributed by atoms with van der Waals surface area (Å²) in [6.07, 6.45) is 5.32. The number of benzene rings is 2. The molecule has 1 unspecified atom stereocenters. The molecule has 10 heteroatoms. The topological polar surface area (TPSA) is 166 Å². The second kappa shape index (κ2) is 15.6. The molecule has 210 valence electrons. The molecule has 1 heterocycles. The largest absolute Gasteiger partial charge is 0.493 e. The molecule has 2 aromatic rings. The van der Waals surface area contributed by atoms with Crippen LogP contribution in [0.25, 0.3) is 0 Å². The molecule has 0 saturated heterocycles. The molecule has 0 radical (unpaired) electrons. The van der Waals surface area contributed by atoms with Crippen LogP contribution in [0.15, 0.2) is 66.9 Å². The normalized spacial score (nSPS) is 15.7. The summed E-state index contributed by atoms with van der Waals surface area (Å²) < 4.78 is 5.55. The summed E-state index contributed by atoms with van der Waals surface area (Å²) in [5.74, 6) is -1.19. The van der Waals surface area contributed by atoms with Gasteiger partial charge in [0.25, 0.3) is 0 Å². The third-order valence-corrected chi connectivity index (χ3v) is 6.59. The Balaban J connectivity index is 1.60. The maximum atomic E-state index is 13.2. The lowest BCUT2D eigenvalue weighted by Crippen LogP contribution is -2.53. The first-order valence-electron chi connectivity index (χ1n) is 13.4. The molecule has 0 bridgehead atoms. The first-order chi connectivity index (χ1) is 18.9. The number of nitrogens with one attached hydrogen (secondary N) is 2. The predicted molar refractivity (Wildman–Crippen MR) is 150 cm³/mol. The molecule has 0 saturated carbocycles. The highest BCUT2D eigenvalue weighted by Gasteiger charge is 2.26. The Labute approximate surface area is 229 Å². The van der Waals surface area contributed by atoms with Crippen LogP contribution in [0.5, 0.6) is 0 Å². The number of rotatable bonds is 15. The van der Waals surface area contributed by atoms with Crippen molar-refractivity contribution in [1.82, 2.24) is 15.5 Å². The van der Waals surface area contributed by atoms with Gasteiger partial charge in [0.15, 0.2) is 0 Å². The van der Waals surface area contributed by atoms with Crippen LogP contribution in [0.2, 0.25) is 0 Å². The van der Waals surface area contributed by atoms with Crippen LogP contribution in [0.1, 0.15) is 42.1 Å². The highest BCUT2D eigenvalue weighted by Crippen LogP contribution is 2.26. The minimum Gasteiger partial charge on any atom is -0.493 e. The van der Waals surface area contributed by atoms with E-state index >= 15 is 0 Å². The summed E-state index contributed by atoms with van der Waals surface area (Å²) >= 11 is 0. The van der Waals surface area contributed by atoms with Crippen LogP contribution in [0.3, 0.4) is 0 Å². The Morgan fingerprint density at radius 1 is 0.949 bits per heavy atom. The molecule has 3 atom stereocenters. The van der Waals surface area contributed by atoms with Crippen LogP contribution < -0.4 is 27.8 Å². The maximum absolute atomic E-state index is 13.2. The van der Waals surface area contributed by atoms with Gasteiger partial charge in [0.2, 0.25) is 17.7 Å². The van der Waals surface area contributed by atoms with Crippen LogP contribution >= 0.6 is 0 Å². The van der Waals surface area contributed by atoms with Gasteiger partial charge < -0.3 is 37.5 Å². The van der Waals surface area contributed by atoms with Gasteiger partial charge in [-0.15, -0.1) is 0 Å². The molecule has 0 spiro atoms. The molecule has 2 aromatic carbocycles. The molecule has 10 nitrogen and oxygen atoms in total. The van der Waals surface area contributed by atoms with Crippen molar-refractivity contribution < 1.29 is 19.1 Å². The first kappa shape index (κ1) is 29.8. The molecule has 0 aromatic heterocycles. The Bertz CT molecular complexity index is 1080. The molecule has 1 aliphatic rings. The lowest BCUT2D eigenvalue weighted by Gasteiger charge is -2.24. The second-order valence-electron chi connectivity index (χ2n) is 9.55. The molecular weight excluding hydrogens is 496 g/mol. The van der Waals surface area contributed by atoms with E-state index in [1.54, 1.807) is 6.26 Å². The Morgan fingerprint density at radius 3 is 2.26 bits per heavy atom. The fraction of sp³-hybridized carbons (Fsp3) is 0.414. The fourth-order valence-electron chi connectivity index (χ4n) is 4.35. The van der Waals surface area contributed by atoms with E-state index in [9.17, 15) is 14.4 Å². The van der Waals surface area contributed by atoms with Crippen molar-refractivity contribution in [3.8, 4) is 0 Å². The van der Waals surface area contributed by atoms with Gasteiger partial charge in [-0.2, -0.15) is 0 Å². The molecule has 8 N–H and O–H groups in total. The Kier molecular flexibility index (Phi) is 11.9. The van der Waals surface area contributed by atoms with Crippen molar-refractivity contribution in [2.75, 3.05) is 26.2 Å². The number of nitrogens with zero attached hydrogens (tertiary/aromatic N) is 1. The maximum Gasteiger partial charge on any atom is 0.242 e. The molecule has 39 heavy (non-hydrogen) atoms. The van der Waals surface area contributed by atoms with Crippen LogP contribution in [0, 0.1) is 0 Å². The number of ether oxygens (including phenoxy) is 1. The summed E-state index contributed by atoms with van der Waals surface area (Å²) in [6.45, 7) is 1.53. The third kappa shape index (κ3) is 9.51. The average Bonchev–Trinajstić information content (AvgIpc) is 3.49. The van der Waals surface area contributed by atoms with Crippen LogP contribution in [-0.2, 0) is 32.1 Å². The van der Waals surface area contributed by atoms with Crippen molar-refractivity contribution in [3.05, 3.63) is 83.6 Å². The van der Waals surface area contributed by atoms with E-state index in [1.807, 2.05) is 60.7 Å². The second-order valence-corrected chi connectivity index (χ2v) is 9.55. The number of hydrogen-bond donors (Lipinski definition) is 5. The van der Waals surface area contributed by atoms with Crippen LogP contribution in [-0.4, -0.2) is 60.9 Å². The minimum absolute atomic E-state index is 0.0278. The van der Waals surface area contributed by atoms with Gasteiger partial charge in [-0.1, -0.05) is 54.6 Å². The number of amides is 3. The zero-order valence-electron chi connectivity index (χ0n) is 22.3. The standard InChI is InChI=1S/C29H40N6O4/c30-14-16-35(17-15-31)27(36)19-24(32)28(37)34-25(13-10-21-5-2-1-3-6-21)29(38)33-20-22-8-11-23(12-9-22)26-7-4-18-39-26/h1-6,8-9,11-12,18,24-26H,7,10,13-17,19-20,30-32H2,(H,33,38)(H,34,37)/t24-,25-,26?/m0/s1. The van der Waals surface area contributed by atoms with Gasteiger partial charge in [-0.25, -0.2) is 0 Å². The van der Waals surface area contributed by atoms with Gasteiger partial charge >= 0.3 is 0 Å². The van der Waals surface area contributed by atoms with Gasteiger partial charge in [-0.05, 0) is 35.6 Å². The van der Waals surface area contributed by atoms with E-state index in [4.69, 9.17) is 21.9 Å². The van der Waals surface area contributed by atoms with Gasteiger partial charge in [0.05, 0.1) is 18.7 Å². The summed E-state index contributed by atoms with van der Waals surface area (Å²) in [5.41, 5.74) is 20.3. The number of carbonyl (C=O) groups excluding carboxylic acids is 3. The Hall–Kier alpha value is -3.73. The molecule has 3 amide bonds. The zero-order chi connectivity index (χ0) is 28.0. The predicted octanol–water partition coefficient (Wildman–Crippen LogP) is 0.859. The lowest BCUT2D eigenvalue weighted by atomic mass is 10.0. The minimum atomic E-state index is -1.11. The highest BCUT2D eigenvalue weighted by molar-refractivity contribution is 5.92. The van der Waals surface area contributed by atoms with E-state index < -0.39 is 18.0 Å². The van der Waals surface area contributed by atoms with Gasteiger partial charge in [-0.3, -0.25) is 14.4 Å². The van der Waals surface area contributed by atoms with Gasteiger partial charge in [0, 0.05) is 39.1 Å². The van der Waals surface area contributed by atoms with E-state index in [1.165, 1.54) is 4.90 Å². The molecule has 3 rings (SSSR count). The highest BCUT2D eigenvalue weighted by atomic mass is 16.5. The number of nitrogens with two attached hydrogens (primary N) is 3. The summed E-state index contributed by atoms with van der Waals surface area (Å²) in [4.78, 5) is 40.2. The molecular formula is C29H40N6O4. The summed E-state index contributed by atoms with van der Waals surface area (Å²) in [7, 11) is 0. The third-order valence-electron chi connectivity index (χ3n) is 6.59. The summed E-state index contributed by atoms with van der Waals surface area (Å²) in [6, 6.07) is 15.7.